The molecule has 0 aromatic carbocycles. The Morgan fingerprint density at radius 3 is 2.92 bits per heavy atom. The van der Waals surface area contributed by atoms with E-state index in [1.807, 2.05) is 11.9 Å². The van der Waals surface area contributed by atoms with Crippen LogP contribution < -0.4 is 5.32 Å². The fourth-order valence-corrected chi connectivity index (χ4v) is 1.41. The maximum absolute atomic E-state index is 11.0. The molecular formula is C9H16N2O. The second kappa shape index (κ2) is 3.72. The Balaban J connectivity index is 2.64. The number of likely N-dealkylation sites (N-methyl/N-ethyl adjacent to an activating group) is 1. The topological polar surface area (TPSA) is 32.3 Å². The molecule has 1 amide bonds. The molecule has 0 bridgehead atoms. The monoisotopic (exact) mass is 168 g/mol. The van der Waals surface area contributed by atoms with Gasteiger partial charge >= 0.3 is 0 Å². The first-order valence-electron chi connectivity index (χ1n) is 4.24. The van der Waals surface area contributed by atoms with E-state index in [0.29, 0.717) is 6.04 Å². The summed E-state index contributed by atoms with van der Waals surface area (Å²) < 4.78 is 0. The number of carbonyl (C=O) groups excluding carboxylic acids is 1. The Morgan fingerprint density at radius 2 is 2.42 bits per heavy atom. The van der Waals surface area contributed by atoms with Crippen molar-refractivity contribution in [2.24, 2.45) is 0 Å². The first-order chi connectivity index (χ1) is 5.65. The number of rotatable bonds is 1. The van der Waals surface area contributed by atoms with Gasteiger partial charge in [0.1, 0.15) is 0 Å². The van der Waals surface area contributed by atoms with Crippen molar-refractivity contribution in [1.29, 1.82) is 0 Å². The van der Waals surface area contributed by atoms with Crippen molar-refractivity contribution in [3.8, 4) is 0 Å². The smallest absolute Gasteiger partial charge is 0.219 e. The zero-order valence-electron chi connectivity index (χ0n) is 7.92. The van der Waals surface area contributed by atoms with Gasteiger partial charge in [0.25, 0.3) is 0 Å². The highest BCUT2D eigenvalue weighted by molar-refractivity contribution is 5.73. The van der Waals surface area contributed by atoms with E-state index in [0.717, 1.165) is 13.1 Å². The highest BCUT2D eigenvalue weighted by Crippen LogP contribution is 2.10. The summed E-state index contributed by atoms with van der Waals surface area (Å²) in [5.74, 6) is 0.152. The van der Waals surface area contributed by atoms with Crippen LogP contribution in [0.25, 0.3) is 0 Å². The second-order valence-electron chi connectivity index (χ2n) is 3.21. The molecular weight excluding hydrogens is 152 g/mol. The van der Waals surface area contributed by atoms with Crippen molar-refractivity contribution >= 4 is 5.91 Å². The molecule has 0 spiro atoms. The number of hydrogen-bond donors (Lipinski definition) is 1. The maximum Gasteiger partial charge on any atom is 0.219 e. The Kier molecular flexibility index (Phi) is 2.87. The van der Waals surface area contributed by atoms with Gasteiger partial charge in [0.15, 0.2) is 0 Å². The Hall–Kier alpha value is -0.830. The van der Waals surface area contributed by atoms with E-state index in [1.54, 1.807) is 6.92 Å². The predicted octanol–water partition coefficient (Wildman–Crippen LogP) is 0.383. The minimum absolute atomic E-state index is 0.152. The summed E-state index contributed by atoms with van der Waals surface area (Å²) in [5.41, 5.74) is 1.33. The van der Waals surface area contributed by atoms with E-state index in [9.17, 15) is 4.79 Å². The van der Waals surface area contributed by atoms with Gasteiger partial charge in [0.05, 0.1) is 0 Å². The van der Waals surface area contributed by atoms with Crippen molar-refractivity contribution in [2.75, 3.05) is 20.1 Å². The summed E-state index contributed by atoms with van der Waals surface area (Å²) in [6.07, 6.45) is 2.10. The molecule has 1 N–H and O–H groups in total. The first-order valence-corrected chi connectivity index (χ1v) is 4.24. The van der Waals surface area contributed by atoms with Gasteiger partial charge < -0.3 is 10.2 Å². The van der Waals surface area contributed by atoms with Crippen molar-refractivity contribution in [3.63, 3.8) is 0 Å². The van der Waals surface area contributed by atoms with E-state index in [2.05, 4.69) is 18.3 Å². The number of nitrogens with one attached hydrogen (secondary N) is 1. The first kappa shape index (κ1) is 9.26. The van der Waals surface area contributed by atoms with Crippen LogP contribution in [-0.4, -0.2) is 37.0 Å². The van der Waals surface area contributed by atoms with Crippen LogP contribution in [0, 0.1) is 0 Å². The highest BCUT2D eigenvalue weighted by Gasteiger charge is 2.19. The lowest BCUT2D eigenvalue weighted by Crippen LogP contribution is -2.45. The number of hydrogen-bond acceptors (Lipinski definition) is 2. The molecule has 0 saturated carbocycles. The zero-order chi connectivity index (χ0) is 9.14. The van der Waals surface area contributed by atoms with Gasteiger partial charge in [0, 0.05) is 26.1 Å². The van der Waals surface area contributed by atoms with Crippen LogP contribution >= 0.6 is 0 Å². The van der Waals surface area contributed by atoms with Gasteiger partial charge in [-0.05, 0) is 14.0 Å². The molecule has 0 fully saturated rings. The average Bonchev–Trinajstić information content (AvgIpc) is 2.05. The zero-order valence-corrected chi connectivity index (χ0v) is 7.92. The summed E-state index contributed by atoms with van der Waals surface area (Å²) in [6, 6.07) is 0.336. The maximum atomic E-state index is 11.0. The third-order valence-electron chi connectivity index (χ3n) is 2.38. The molecule has 1 heterocycles. The molecule has 1 aliphatic rings. The van der Waals surface area contributed by atoms with Gasteiger partial charge in [-0.2, -0.15) is 0 Å². The molecule has 3 heteroatoms. The summed E-state index contributed by atoms with van der Waals surface area (Å²) in [6.45, 7) is 5.27. The molecule has 1 unspecified atom stereocenters. The largest absolute Gasteiger partial charge is 0.337 e. The lowest BCUT2D eigenvalue weighted by Gasteiger charge is -2.30. The Bertz CT molecular complexity index is 211. The summed E-state index contributed by atoms with van der Waals surface area (Å²) in [4.78, 5) is 12.9. The van der Waals surface area contributed by atoms with Gasteiger partial charge in [-0.1, -0.05) is 11.6 Å². The molecule has 0 aromatic heterocycles. The second-order valence-corrected chi connectivity index (χ2v) is 3.21. The van der Waals surface area contributed by atoms with Crippen LogP contribution in [0.3, 0.4) is 0 Å². The summed E-state index contributed by atoms with van der Waals surface area (Å²) in [5, 5.41) is 3.18. The van der Waals surface area contributed by atoms with E-state index in [1.165, 1.54) is 5.57 Å². The number of carbonyl (C=O) groups is 1. The van der Waals surface area contributed by atoms with Crippen molar-refractivity contribution in [1.82, 2.24) is 10.2 Å². The van der Waals surface area contributed by atoms with Crippen LogP contribution in [0.5, 0.6) is 0 Å². The molecule has 1 rings (SSSR count). The normalized spacial score (nSPS) is 23.8. The van der Waals surface area contributed by atoms with Crippen molar-refractivity contribution < 1.29 is 4.79 Å². The predicted molar refractivity (Wildman–Crippen MR) is 48.9 cm³/mol. The number of nitrogens with zero attached hydrogens (tertiary/aromatic N) is 1. The molecule has 0 saturated heterocycles. The van der Waals surface area contributed by atoms with Gasteiger partial charge in [0.2, 0.25) is 5.91 Å². The van der Waals surface area contributed by atoms with Crippen molar-refractivity contribution in [2.45, 2.75) is 19.9 Å². The van der Waals surface area contributed by atoms with Gasteiger partial charge in [-0.25, -0.2) is 0 Å². The number of amides is 1. The van der Waals surface area contributed by atoms with Crippen LogP contribution in [0.4, 0.5) is 0 Å². The fourth-order valence-electron chi connectivity index (χ4n) is 1.41. The molecule has 1 atom stereocenters. The van der Waals surface area contributed by atoms with Crippen molar-refractivity contribution in [3.05, 3.63) is 11.6 Å². The van der Waals surface area contributed by atoms with Crippen LogP contribution in [-0.2, 0) is 4.79 Å². The molecule has 0 aromatic rings. The third kappa shape index (κ3) is 1.85. The molecule has 68 valence electrons. The van der Waals surface area contributed by atoms with E-state index >= 15 is 0 Å². The average molecular weight is 168 g/mol. The Morgan fingerprint density at radius 1 is 1.75 bits per heavy atom. The summed E-state index contributed by atoms with van der Waals surface area (Å²) >= 11 is 0. The van der Waals surface area contributed by atoms with Gasteiger partial charge in [-0.15, -0.1) is 0 Å². The quantitative estimate of drug-likeness (QED) is 0.574. The minimum atomic E-state index is 0.152. The lowest BCUT2D eigenvalue weighted by molar-refractivity contribution is -0.128. The minimum Gasteiger partial charge on any atom is -0.337 e. The molecule has 12 heavy (non-hydrogen) atoms. The molecule has 3 nitrogen and oxygen atoms in total. The molecule has 0 aliphatic carbocycles. The highest BCUT2D eigenvalue weighted by atomic mass is 16.2. The summed E-state index contributed by atoms with van der Waals surface area (Å²) in [7, 11) is 1.92. The van der Waals surface area contributed by atoms with Gasteiger partial charge in [-0.3, -0.25) is 4.79 Å². The van der Waals surface area contributed by atoms with E-state index < -0.39 is 0 Å². The molecule has 0 radical (unpaired) electrons. The Labute approximate surface area is 73.4 Å². The van der Waals surface area contributed by atoms with Crippen LogP contribution in [0.15, 0.2) is 11.6 Å². The van der Waals surface area contributed by atoms with Crippen LogP contribution in [0.2, 0.25) is 0 Å². The lowest BCUT2D eigenvalue weighted by atomic mass is 10.0. The SMILES string of the molecule is CNC1CN(C(C)=O)CC=C1C. The van der Waals surface area contributed by atoms with E-state index in [-0.39, 0.29) is 5.91 Å². The molecule has 1 aliphatic heterocycles. The fraction of sp³-hybridized carbons (Fsp3) is 0.667. The van der Waals surface area contributed by atoms with E-state index in [4.69, 9.17) is 0 Å². The standard InChI is InChI=1S/C9H16N2O/c1-7-4-5-11(8(2)12)6-9(7)10-3/h4,9-10H,5-6H2,1-3H3. The third-order valence-corrected chi connectivity index (χ3v) is 2.38. The van der Waals surface area contributed by atoms with Crippen LogP contribution in [0.1, 0.15) is 13.8 Å².